The summed E-state index contributed by atoms with van der Waals surface area (Å²) in [4.78, 5) is 11.5. The van der Waals surface area contributed by atoms with Gasteiger partial charge in [-0.15, -0.1) is 5.10 Å². The van der Waals surface area contributed by atoms with Crippen LogP contribution in [0.1, 0.15) is 25.4 Å². The van der Waals surface area contributed by atoms with Crippen molar-refractivity contribution in [2.24, 2.45) is 5.92 Å². The third-order valence-corrected chi connectivity index (χ3v) is 2.45. The van der Waals surface area contributed by atoms with Crippen molar-refractivity contribution in [1.82, 2.24) is 10.2 Å². The standard InChI is InChI=1S/C12H15N3O3/c1-6(2)10(16)13-12-15-14-11(18-12)9-5-7(3)17-8(9)4/h5-6H,1-4H3,(H,13,15,16). The molecule has 0 atom stereocenters. The van der Waals surface area contributed by atoms with E-state index < -0.39 is 0 Å². The van der Waals surface area contributed by atoms with Gasteiger partial charge in [-0.2, -0.15) is 0 Å². The predicted octanol–water partition coefficient (Wildman–Crippen LogP) is 2.54. The molecule has 0 radical (unpaired) electrons. The lowest BCUT2D eigenvalue weighted by atomic mass is 10.2. The molecule has 0 aliphatic rings. The molecule has 0 aliphatic heterocycles. The van der Waals surface area contributed by atoms with E-state index in [1.165, 1.54) is 0 Å². The molecule has 0 fully saturated rings. The van der Waals surface area contributed by atoms with E-state index in [0.29, 0.717) is 11.7 Å². The number of aromatic nitrogens is 2. The van der Waals surface area contributed by atoms with E-state index in [4.69, 9.17) is 8.83 Å². The normalized spacial score (nSPS) is 10.9. The zero-order valence-electron chi connectivity index (χ0n) is 10.8. The number of carbonyl (C=O) groups is 1. The molecular formula is C12H15N3O3. The molecule has 0 unspecified atom stereocenters. The molecule has 2 aromatic heterocycles. The molecule has 2 rings (SSSR count). The molecule has 2 aromatic rings. The van der Waals surface area contributed by atoms with E-state index in [1.807, 2.05) is 19.9 Å². The highest BCUT2D eigenvalue weighted by Gasteiger charge is 2.16. The molecule has 1 amide bonds. The van der Waals surface area contributed by atoms with Crippen molar-refractivity contribution < 1.29 is 13.6 Å². The zero-order chi connectivity index (χ0) is 13.3. The number of amides is 1. The van der Waals surface area contributed by atoms with Crippen molar-refractivity contribution in [3.05, 3.63) is 17.6 Å². The Kier molecular flexibility index (Phi) is 3.18. The minimum absolute atomic E-state index is 0.0990. The van der Waals surface area contributed by atoms with Crippen LogP contribution in [0.3, 0.4) is 0 Å². The maximum Gasteiger partial charge on any atom is 0.322 e. The van der Waals surface area contributed by atoms with Gasteiger partial charge in [0.1, 0.15) is 11.5 Å². The van der Waals surface area contributed by atoms with Crippen molar-refractivity contribution in [1.29, 1.82) is 0 Å². The van der Waals surface area contributed by atoms with Gasteiger partial charge in [-0.25, -0.2) is 0 Å². The zero-order valence-corrected chi connectivity index (χ0v) is 10.8. The van der Waals surface area contributed by atoms with Gasteiger partial charge in [0.2, 0.25) is 5.91 Å². The van der Waals surface area contributed by atoms with E-state index in [-0.39, 0.29) is 17.8 Å². The van der Waals surface area contributed by atoms with Gasteiger partial charge in [0.25, 0.3) is 5.89 Å². The van der Waals surface area contributed by atoms with Crippen LogP contribution < -0.4 is 5.32 Å². The van der Waals surface area contributed by atoms with Crippen LogP contribution in [0.15, 0.2) is 14.9 Å². The second-order valence-corrected chi connectivity index (χ2v) is 4.38. The summed E-state index contributed by atoms with van der Waals surface area (Å²) in [6.45, 7) is 7.24. The highest BCUT2D eigenvalue weighted by molar-refractivity contribution is 5.90. The average molecular weight is 249 g/mol. The summed E-state index contributed by atoms with van der Waals surface area (Å²) in [6, 6.07) is 1.92. The number of furan rings is 1. The summed E-state index contributed by atoms with van der Waals surface area (Å²) in [6.07, 6.45) is 0. The topological polar surface area (TPSA) is 81.2 Å². The summed E-state index contributed by atoms with van der Waals surface area (Å²) < 4.78 is 10.8. The van der Waals surface area contributed by atoms with E-state index in [9.17, 15) is 4.79 Å². The number of rotatable bonds is 3. The Hall–Kier alpha value is -2.11. The summed E-state index contributed by atoms with van der Waals surface area (Å²) in [7, 11) is 0. The summed E-state index contributed by atoms with van der Waals surface area (Å²) in [5, 5.41) is 10.2. The monoisotopic (exact) mass is 249 g/mol. The number of nitrogens with one attached hydrogen (secondary N) is 1. The van der Waals surface area contributed by atoms with Crippen LogP contribution in [0.5, 0.6) is 0 Å². The van der Waals surface area contributed by atoms with E-state index in [0.717, 1.165) is 11.3 Å². The molecule has 0 bridgehead atoms. The Balaban J connectivity index is 2.20. The lowest BCUT2D eigenvalue weighted by Crippen LogP contribution is -2.17. The number of carbonyl (C=O) groups excluding carboxylic acids is 1. The third-order valence-electron chi connectivity index (χ3n) is 2.45. The fourth-order valence-corrected chi connectivity index (χ4v) is 1.48. The maximum absolute atomic E-state index is 11.5. The number of anilines is 1. The van der Waals surface area contributed by atoms with Crippen LogP contribution >= 0.6 is 0 Å². The van der Waals surface area contributed by atoms with E-state index >= 15 is 0 Å². The molecule has 1 N–H and O–H groups in total. The van der Waals surface area contributed by atoms with Crippen molar-refractivity contribution in [3.63, 3.8) is 0 Å². The van der Waals surface area contributed by atoms with Crippen LogP contribution in [0.25, 0.3) is 11.5 Å². The maximum atomic E-state index is 11.5. The molecule has 0 aliphatic carbocycles. The van der Waals surface area contributed by atoms with Crippen LogP contribution in [0.2, 0.25) is 0 Å². The Bertz CT molecular complexity index is 569. The smallest absolute Gasteiger partial charge is 0.322 e. The SMILES string of the molecule is Cc1cc(-c2nnc(NC(=O)C(C)C)o2)c(C)o1. The lowest BCUT2D eigenvalue weighted by molar-refractivity contribution is -0.119. The molecule has 0 saturated heterocycles. The quantitative estimate of drug-likeness (QED) is 0.903. The van der Waals surface area contributed by atoms with Crippen LogP contribution in [-0.4, -0.2) is 16.1 Å². The number of aryl methyl sites for hydroxylation is 2. The van der Waals surface area contributed by atoms with Crippen molar-refractivity contribution in [3.8, 4) is 11.5 Å². The Labute approximate surface area is 104 Å². The fraction of sp³-hybridized carbons (Fsp3) is 0.417. The summed E-state index contributed by atoms with van der Waals surface area (Å²) >= 11 is 0. The first-order valence-electron chi connectivity index (χ1n) is 5.69. The second kappa shape index (κ2) is 4.64. The molecule has 6 heteroatoms. The lowest BCUT2D eigenvalue weighted by Gasteiger charge is -2.01. The molecule has 0 spiro atoms. The van der Waals surface area contributed by atoms with Gasteiger partial charge in [-0.1, -0.05) is 18.9 Å². The minimum Gasteiger partial charge on any atom is -0.466 e. The highest BCUT2D eigenvalue weighted by Crippen LogP contribution is 2.26. The van der Waals surface area contributed by atoms with E-state index in [1.54, 1.807) is 13.8 Å². The third kappa shape index (κ3) is 2.42. The Morgan fingerprint density at radius 1 is 1.28 bits per heavy atom. The van der Waals surface area contributed by atoms with Crippen molar-refractivity contribution >= 4 is 11.9 Å². The molecule has 2 heterocycles. The first-order valence-corrected chi connectivity index (χ1v) is 5.69. The van der Waals surface area contributed by atoms with Crippen molar-refractivity contribution in [2.45, 2.75) is 27.7 Å². The molecule has 96 valence electrons. The summed E-state index contributed by atoms with van der Waals surface area (Å²) in [5.74, 6) is 1.51. The van der Waals surface area contributed by atoms with Crippen LogP contribution in [0, 0.1) is 19.8 Å². The molecular weight excluding hydrogens is 234 g/mol. The van der Waals surface area contributed by atoms with Gasteiger partial charge < -0.3 is 8.83 Å². The Morgan fingerprint density at radius 3 is 2.56 bits per heavy atom. The van der Waals surface area contributed by atoms with E-state index in [2.05, 4.69) is 15.5 Å². The number of nitrogens with zero attached hydrogens (tertiary/aromatic N) is 2. The minimum atomic E-state index is -0.162. The fourth-order valence-electron chi connectivity index (χ4n) is 1.48. The summed E-state index contributed by atoms with van der Waals surface area (Å²) in [5.41, 5.74) is 0.741. The van der Waals surface area contributed by atoms with Crippen LogP contribution in [0.4, 0.5) is 6.01 Å². The molecule has 0 saturated carbocycles. The average Bonchev–Trinajstić information content (AvgIpc) is 2.85. The van der Waals surface area contributed by atoms with Gasteiger partial charge in [0.15, 0.2) is 0 Å². The predicted molar refractivity (Wildman–Crippen MR) is 64.9 cm³/mol. The van der Waals surface area contributed by atoms with Gasteiger partial charge in [0.05, 0.1) is 5.56 Å². The molecule has 18 heavy (non-hydrogen) atoms. The Morgan fingerprint density at radius 2 is 2.00 bits per heavy atom. The molecule has 6 nitrogen and oxygen atoms in total. The number of hydrogen-bond acceptors (Lipinski definition) is 5. The van der Waals surface area contributed by atoms with Gasteiger partial charge in [-0.05, 0) is 19.9 Å². The first kappa shape index (κ1) is 12.3. The van der Waals surface area contributed by atoms with Crippen LogP contribution in [-0.2, 0) is 4.79 Å². The molecule has 0 aromatic carbocycles. The second-order valence-electron chi connectivity index (χ2n) is 4.38. The number of hydrogen-bond donors (Lipinski definition) is 1. The van der Waals surface area contributed by atoms with Gasteiger partial charge in [0, 0.05) is 5.92 Å². The highest BCUT2D eigenvalue weighted by atomic mass is 16.4. The largest absolute Gasteiger partial charge is 0.466 e. The first-order chi connectivity index (χ1) is 8.47. The van der Waals surface area contributed by atoms with Gasteiger partial charge >= 0.3 is 6.01 Å². The van der Waals surface area contributed by atoms with Crippen molar-refractivity contribution in [2.75, 3.05) is 5.32 Å². The van der Waals surface area contributed by atoms with Gasteiger partial charge in [-0.3, -0.25) is 10.1 Å².